The topological polar surface area (TPSA) is 57.7 Å². The predicted molar refractivity (Wildman–Crippen MR) is 115 cm³/mol. The van der Waals surface area contributed by atoms with E-state index in [1.54, 1.807) is 6.20 Å². The molecular formula is C23H26N4O2. The van der Waals surface area contributed by atoms with Gasteiger partial charge in [-0.05, 0) is 43.5 Å². The molecular weight excluding hydrogens is 364 g/mol. The van der Waals surface area contributed by atoms with Crippen molar-refractivity contribution in [1.82, 2.24) is 4.98 Å². The first-order chi connectivity index (χ1) is 14.3. The number of pyridine rings is 1. The normalized spacial score (nSPS) is 21.0. The smallest absolute Gasteiger partial charge is 0.230 e. The molecule has 0 bridgehead atoms. The number of hydrogen-bond donors (Lipinski definition) is 1. The zero-order valence-corrected chi connectivity index (χ0v) is 16.5. The molecule has 6 heteroatoms. The van der Waals surface area contributed by atoms with Gasteiger partial charge in [-0.1, -0.05) is 18.2 Å². The number of aromatic nitrogens is 1. The Balaban J connectivity index is 1.55. The monoisotopic (exact) mass is 390 g/mol. The lowest BCUT2D eigenvalue weighted by Gasteiger charge is -2.32. The lowest BCUT2D eigenvalue weighted by Crippen LogP contribution is -2.37. The molecule has 1 aliphatic carbocycles. The third-order valence-electron chi connectivity index (χ3n) is 6.01. The maximum absolute atomic E-state index is 13.6. The number of carbonyl (C=O) groups excluding carboxylic acids is 1. The van der Waals surface area contributed by atoms with Crippen LogP contribution < -0.4 is 15.1 Å². The number of benzene rings is 1. The minimum atomic E-state index is 0.0399. The van der Waals surface area contributed by atoms with Crippen LogP contribution in [0.4, 0.5) is 22.9 Å². The SMILES string of the molecule is O=C(C1CC=CCC1)N1Cc2cccnc2Nc2ccc(N3CCOCC3)cc21. The van der Waals surface area contributed by atoms with Crippen molar-refractivity contribution in [3.05, 3.63) is 54.2 Å². The first-order valence-electron chi connectivity index (χ1n) is 10.4. The number of hydrogen-bond acceptors (Lipinski definition) is 5. The van der Waals surface area contributed by atoms with Crippen molar-refractivity contribution in [2.75, 3.05) is 41.4 Å². The highest BCUT2D eigenvalue weighted by Gasteiger charge is 2.30. The Kier molecular flexibility index (Phi) is 4.94. The zero-order chi connectivity index (χ0) is 19.6. The van der Waals surface area contributed by atoms with E-state index in [1.165, 1.54) is 0 Å². The fourth-order valence-electron chi connectivity index (χ4n) is 4.36. The first-order valence-corrected chi connectivity index (χ1v) is 10.4. The van der Waals surface area contributed by atoms with E-state index in [4.69, 9.17) is 4.74 Å². The molecule has 2 aromatic rings. The lowest BCUT2D eigenvalue weighted by molar-refractivity contribution is -0.122. The maximum atomic E-state index is 13.6. The Labute approximate surface area is 171 Å². The summed E-state index contributed by atoms with van der Waals surface area (Å²) in [5.41, 5.74) is 4.04. The lowest BCUT2D eigenvalue weighted by atomic mass is 9.92. The summed E-state index contributed by atoms with van der Waals surface area (Å²) in [6.45, 7) is 3.75. The van der Waals surface area contributed by atoms with Crippen LogP contribution in [0.25, 0.3) is 0 Å². The Hall–Kier alpha value is -2.86. The van der Waals surface area contributed by atoms with Crippen molar-refractivity contribution in [1.29, 1.82) is 0 Å². The van der Waals surface area contributed by atoms with Gasteiger partial charge in [-0.25, -0.2) is 4.98 Å². The van der Waals surface area contributed by atoms with E-state index in [-0.39, 0.29) is 11.8 Å². The standard InChI is InChI=1S/C23H26N4O2/c28-23(17-5-2-1-3-6-17)27-16-18-7-4-10-24-22(18)25-20-9-8-19(15-21(20)27)26-11-13-29-14-12-26/h1-2,4,7-10,15,17H,3,5-6,11-14,16H2,(H,24,25). The highest BCUT2D eigenvalue weighted by Crippen LogP contribution is 2.39. The number of nitrogens with one attached hydrogen (secondary N) is 1. The van der Waals surface area contributed by atoms with Crippen LogP contribution in [0, 0.1) is 5.92 Å². The van der Waals surface area contributed by atoms with Crippen LogP contribution in [0.2, 0.25) is 0 Å². The Morgan fingerprint density at radius 2 is 2.07 bits per heavy atom. The fourth-order valence-corrected chi connectivity index (χ4v) is 4.36. The zero-order valence-electron chi connectivity index (χ0n) is 16.5. The van der Waals surface area contributed by atoms with Gasteiger partial charge < -0.3 is 19.9 Å². The molecule has 1 saturated heterocycles. The molecule has 3 aliphatic rings. The minimum Gasteiger partial charge on any atom is -0.378 e. The van der Waals surface area contributed by atoms with E-state index in [0.717, 1.165) is 74.0 Å². The summed E-state index contributed by atoms with van der Waals surface area (Å²) in [7, 11) is 0. The van der Waals surface area contributed by atoms with Crippen LogP contribution >= 0.6 is 0 Å². The summed E-state index contributed by atoms with van der Waals surface area (Å²) in [5.74, 6) is 1.07. The van der Waals surface area contributed by atoms with Crippen molar-refractivity contribution >= 4 is 28.8 Å². The molecule has 6 nitrogen and oxygen atoms in total. The molecule has 1 N–H and O–H groups in total. The molecule has 1 unspecified atom stereocenters. The molecule has 1 fully saturated rings. The quantitative estimate of drug-likeness (QED) is 0.789. The molecule has 150 valence electrons. The molecule has 5 rings (SSSR count). The highest BCUT2D eigenvalue weighted by molar-refractivity contribution is 6.00. The summed E-state index contributed by atoms with van der Waals surface area (Å²) < 4.78 is 5.50. The number of allylic oxidation sites excluding steroid dienone is 2. The number of rotatable bonds is 2. The molecule has 1 aromatic heterocycles. The van der Waals surface area contributed by atoms with E-state index < -0.39 is 0 Å². The number of carbonyl (C=O) groups is 1. The molecule has 1 amide bonds. The maximum Gasteiger partial charge on any atom is 0.230 e. The van der Waals surface area contributed by atoms with E-state index in [1.807, 2.05) is 17.0 Å². The number of fused-ring (bicyclic) bond motifs is 2. The molecule has 1 aromatic carbocycles. The molecule has 29 heavy (non-hydrogen) atoms. The van der Waals surface area contributed by atoms with Gasteiger partial charge in [0.05, 0.1) is 31.1 Å². The first kappa shape index (κ1) is 18.2. The van der Waals surface area contributed by atoms with Gasteiger partial charge in [-0.3, -0.25) is 4.79 Å². The van der Waals surface area contributed by atoms with Gasteiger partial charge in [0.1, 0.15) is 5.82 Å². The Bertz CT molecular complexity index is 936. The predicted octanol–water partition coefficient (Wildman–Crippen LogP) is 3.86. The van der Waals surface area contributed by atoms with Crippen LogP contribution in [-0.4, -0.2) is 37.2 Å². The van der Waals surface area contributed by atoms with Crippen LogP contribution in [-0.2, 0) is 16.1 Å². The van der Waals surface area contributed by atoms with E-state index in [9.17, 15) is 4.79 Å². The van der Waals surface area contributed by atoms with Crippen molar-refractivity contribution < 1.29 is 9.53 Å². The second-order valence-corrected chi connectivity index (χ2v) is 7.84. The van der Waals surface area contributed by atoms with Gasteiger partial charge in [-0.2, -0.15) is 0 Å². The average Bonchev–Trinajstić information content (AvgIpc) is 2.96. The van der Waals surface area contributed by atoms with Gasteiger partial charge in [0.15, 0.2) is 0 Å². The number of amides is 1. The third kappa shape index (κ3) is 3.60. The molecule has 3 heterocycles. The summed E-state index contributed by atoms with van der Waals surface area (Å²) in [6, 6.07) is 10.3. The van der Waals surface area contributed by atoms with Crippen LogP contribution in [0.5, 0.6) is 0 Å². The molecule has 0 saturated carbocycles. The fraction of sp³-hybridized carbons (Fsp3) is 0.391. The van der Waals surface area contributed by atoms with Crippen LogP contribution in [0.1, 0.15) is 24.8 Å². The second kappa shape index (κ2) is 7.87. The van der Waals surface area contributed by atoms with E-state index in [2.05, 4.69) is 45.6 Å². The average molecular weight is 390 g/mol. The van der Waals surface area contributed by atoms with Gasteiger partial charge in [-0.15, -0.1) is 0 Å². The Morgan fingerprint density at radius 3 is 2.90 bits per heavy atom. The van der Waals surface area contributed by atoms with Crippen molar-refractivity contribution in [2.24, 2.45) is 5.92 Å². The van der Waals surface area contributed by atoms with E-state index in [0.29, 0.717) is 6.54 Å². The number of anilines is 4. The molecule has 2 aliphatic heterocycles. The van der Waals surface area contributed by atoms with Crippen molar-refractivity contribution in [2.45, 2.75) is 25.8 Å². The number of morpholine rings is 1. The van der Waals surface area contributed by atoms with Crippen molar-refractivity contribution in [3.63, 3.8) is 0 Å². The summed E-state index contributed by atoms with van der Waals surface area (Å²) >= 11 is 0. The summed E-state index contributed by atoms with van der Waals surface area (Å²) in [6.07, 6.45) is 8.82. The van der Waals surface area contributed by atoms with Crippen LogP contribution in [0.3, 0.4) is 0 Å². The van der Waals surface area contributed by atoms with E-state index >= 15 is 0 Å². The van der Waals surface area contributed by atoms with Gasteiger partial charge in [0.2, 0.25) is 5.91 Å². The third-order valence-corrected chi connectivity index (χ3v) is 6.01. The van der Waals surface area contributed by atoms with Crippen LogP contribution in [0.15, 0.2) is 48.7 Å². The largest absolute Gasteiger partial charge is 0.378 e. The number of ether oxygens (including phenoxy) is 1. The van der Waals surface area contributed by atoms with Crippen molar-refractivity contribution in [3.8, 4) is 0 Å². The van der Waals surface area contributed by atoms with Gasteiger partial charge in [0, 0.05) is 36.5 Å². The van der Waals surface area contributed by atoms with Gasteiger partial charge >= 0.3 is 0 Å². The summed E-state index contributed by atoms with van der Waals surface area (Å²) in [4.78, 5) is 22.4. The second-order valence-electron chi connectivity index (χ2n) is 7.84. The Morgan fingerprint density at radius 1 is 1.17 bits per heavy atom. The minimum absolute atomic E-state index is 0.0399. The van der Waals surface area contributed by atoms with Gasteiger partial charge in [0.25, 0.3) is 0 Å². The highest BCUT2D eigenvalue weighted by atomic mass is 16.5. The molecule has 0 radical (unpaired) electrons. The summed E-state index contributed by atoms with van der Waals surface area (Å²) in [5, 5.41) is 3.46. The molecule has 0 spiro atoms. The molecule has 1 atom stereocenters. The number of nitrogens with zero attached hydrogens (tertiary/aromatic N) is 3.